The Morgan fingerprint density at radius 2 is 2.05 bits per heavy atom. The smallest absolute Gasteiger partial charge is 0.223 e. The van der Waals surface area contributed by atoms with E-state index in [1.807, 2.05) is 19.2 Å². The van der Waals surface area contributed by atoms with E-state index >= 15 is 0 Å². The first-order chi connectivity index (χ1) is 10.3. The van der Waals surface area contributed by atoms with E-state index in [-0.39, 0.29) is 0 Å². The van der Waals surface area contributed by atoms with Gasteiger partial charge in [-0.25, -0.2) is 0 Å². The molecule has 1 aromatic heterocycles. The van der Waals surface area contributed by atoms with Gasteiger partial charge in [0.15, 0.2) is 0 Å². The van der Waals surface area contributed by atoms with Crippen LogP contribution in [0.2, 0.25) is 0 Å². The highest BCUT2D eigenvalue weighted by molar-refractivity contribution is 5.82. The zero-order chi connectivity index (χ0) is 14.4. The van der Waals surface area contributed by atoms with Gasteiger partial charge in [-0.2, -0.15) is 0 Å². The number of hydrogen-bond donors (Lipinski definition) is 2. The van der Waals surface area contributed by atoms with Crippen LogP contribution in [0.1, 0.15) is 24.8 Å². The number of nitrogens with one attached hydrogen (secondary N) is 2. The molecular formula is C17H23N3O. The van der Waals surface area contributed by atoms with E-state index in [0.29, 0.717) is 18.4 Å². The lowest BCUT2D eigenvalue weighted by molar-refractivity contribution is -0.123. The van der Waals surface area contributed by atoms with Crippen LogP contribution in [0.4, 0.5) is 5.69 Å². The van der Waals surface area contributed by atoms with E-state index in [0.717, 1.165) is 41.5 Å². The molecular weight excluding hydrogens is 262 g/mol. The largest absolute Gasteiger partial charge is 0.383 e. The van der Waals surface area contributed by atoms with Crippen LogP contribution < -0.4 is 10.6 Å². The summed E-state index contributed by atoms with van der Waals surface area (Å²) in [6.45, 7) is 3.51. The van der Waals surface area contributed by atoms with Crippen LogP contribution in [0.5, 0.6) is 0 Å². The molecule has 21 heavy (non-hydrogen) atoms. The monoisotopic (exact) mass is 285 g/mol. The number of rotatable bonds is 5. The van der Waals surface area contributed by atoms with Gasteiger partial charge in [0.2, 0.25) is 5.91 Å². The van der Waals surface area contributed by atoms with Gasteiger partial charge in [-0.3, -0.25) is 9.78 Å². The molecule has 4 heteroatoms. The quantitative estimate of drug-likeness (QED) is 0.816. The Morgan fingerprint density at radius 1 is 1.29 bits per heavy atom. The van der Waals surface area contributed by atoms with Crippen molar-refractivity contribution in [1.29, 1.82) is 0 Å². The van der Waals surface area contributed by atoms with Crippen LogP contribution in [0, 0.1) is 36.5 Å². The number of carbonyl (C=O) groups is 1. The molecule has 1 aromatic rings. The second-order valence-electron chi connectivity index (χ2n) is 6.92. The molecule has 0 aliphatic heterocycles. The van der Waals surface area contributed by atoms with Crippen molar-refractivity contribution in [2.45, 2.75) is 26.2 Å². The third-order valence-corrected chi connectivity index (χ3v) is 5.80. The molecule has 4 rings (SSSR count). The Bertz CT molecular complexity index is 543. The molecule has 2 bridgehead atoms. The maximum Gasteiger partial charge on any atom is 0.223 e. The first-order valence-corrected chi connectivity index (χ1v) is 8.18. The predicted molar refractivity (Wildman–Crippen MR) is 81.8 cm³/mol. The fraction of sp³-hybridized carbons (Fsp3) is 0.647. The average Bonchev–Trinajstić information content (AvgIpc) is 2.93. The van der Waals surface area contributed by atoms with Crippen molar-refractivity contribution in [3.05, 3.63) is 24.0 Å². The average molecular weight is 285 g/mol. The van der Waals surface area contributed by atoms with Crippen molar-refractivity contribution in [1.82, 2.24) is 10.3 Å². The van der Waals surface area contributed by atoms with Gasteiger partial charge in [0.05, 0.1) is 0 Å². The molecule has 0 radical (unpaired) electrons. The zero-order valence-electron chi connectivity index (χ0n) is 12.5. The standard InChI is InChI=1S/C17H23N3O/c1-10-9-18-5-4-13(10)19-6-7-20-17(21)16-14-11-2-3-12(8-11)15(14)16/h4-5,9,11-12,14-16H,2-3,6-8H2,1H3,(H,18,19)(H,20,21)/t11-,12+,14+,15-,16?. The molecule has 3 saturated carbocycles. The summed E-state index contributed by atoms with van der Waals surface area (Å²) in [5, 5.41) is 6.47. The van der Waals surface area contributed by atoms with E-state index in [1.54, 1.807) is 6.20 Å². The molecule has 3 fully saturated rings. The number of nitrogens with zero attached hydrogens (tertiary/aromatic N) is 1. The maximum atomic E-state index is 12.3. The summed E-state index contributed by atoms with van der Waals surface area (Å²) < 4.78 is 0. The van der Waals surface area contributed by atoms with Crippen molar-refractivity contribution in [3.63, 3.8) is 0 Å². The molecule has 1 heterocycles. The Balaban J connectivity index is 1.22. The molecule has 3 aliphatic rings. The van der Waals surface area contributed by atoms with Gasteiger partial charge in [0.25, 0.3) is 0 Å². The lowest BCUT2D eigenvalue weighted by atomic mass is 10.0. The highest BCUT2D eigenvalue weighted by Crippen LogP contribution is 2.69. The molecule has 0 aromatic carbocycles. The number of amides is 1. The van der Waals surface area contributed by atoms with Crippen LogP contribution in [0.3, 0.4) is 0 Å². The van der Waals surface area contributed by atoms with Gasteiger partial charge < -0.3 is 10.6 Å². The Labute approximate surface area is 125 Å². The van der Waals surface area contributed by atoms with Crippen molar-refractivity contribution in [3.8, 4) is 0 Å². The second-order valence-corrected chi connectivity index (χ2v) is 6.92. The first-order valence-electron chi connectivity index (χ1n) is 8.18. The lowest BCUT2D eigenvalue weighted by Crippen LogP contribution is -2.31. The second kappa shape index (κ2) is 5.00. The Hall–Kier alpha value is -1.58. The van der Waals surface area contributed by atoms with Gasteiger partial charge in [-0.1, -0.05) is 0 Å². The number of hydrogen-bond acceptors (Lipinski definition) is 3. The highest BCUT2D eigenvalue weighted by Gasteiger charge is 2.67. The normalized spacial score (nSPS) is 35.4. The van der Waals surface area contributed by atoms with Crippen molar-refractivity contribution in [2.75, 3.05) is 18.4 Å². The summed E-state index contributed by atoms with van der Waals surface area (Å²) >= 11 is 0. The van der Waals surface area contributed by atoms with Gasteiger partial charge in [0, 0.05) is 37.1 Å². The highest BCUT2D eigenvalue weighted by atomic mass is 16.2. The summed E-state index contributed by atoms with van der Waals surface area (Å²) in [5.41, 5.74) is 2.23. The molecule has 0 spiro atoms. The minimum Gasteiger partial charge on any atom is -0.383 e. The van der Waals surface area contributed by atoms with E-state index in [2.05, 4.69) is 15.6 Å². The van der Waals surface area contributed by atoms with Crippen LogP contribution in [-0.2, 0) is 4.79 Å². The zero-order valence-corrected chi connectivity index (χ0v) is 12.5. The number of aromatic nitrogens is 1. The summed E-state index contributed by atoms with van der Waals surface area (Å²) in [6.07, 6.45) is 7.79. The molecule has 1 unspecified atom stereocenters. The van der Waals surface area contributed by atoms with E-state index in [4.69, 9.17) is 0 Å². The number of carbonyl (C=O) groups excluding carboxylic acids is 1. The number of pyridine rings is 1. The molecule has 1 amide bonds. The Morgan fingerprint density at radius 3 is 2.76 bits per heavy atom. The minimum atomic E-state index is 0.301. The van der Waals surface area contributed by atoms with Crippen molar-refractivity contribution >= 4 is 11.6 Å². The van der Waals surface area contributed by atoms with E-state index in [1.165, 1.54) is 19.3 Å². The minimum absolute atomic E-state index is 0.301. The SMILES string of the molecule is Cc1cnccc1NCCNC(=O)C1[C@@H]2[C@H]3CC[C@H](C3)[C@H]12. The number of anilines is 1. The molecule has 5 atom stereocenters. The van der Waals surface area contributed by atoms with Gasteiger partial charge in [-0.05, 0) is 61.5 Å². The lowest BCUT2D eigenvalue weighted by Gasteiger charge is -2.11. The van der Waals surface area contributed by atoms with Gasteiger partial charge in [-0.15, -0.1) is 0 Å². The predicted octanol–water partition coefficient (Wildman–Crippen LogP) is 2.21. The van der Waals surface area contributed by atoms with Crippen LogP contribution in [0.25, 0.3) is 0 Å². The fourth-order valence-corrected chi connectivity index (χ4v) is 4.85. The molecule has 4 nitrogen and oxygen atoms in total. The maximum absolute atomic E-state index is 12.3. The molecule has 3 aliphatic carbocycles. The summed E-state index contributed by atoms with van der Waals surface area (Å²) in [4.78, 5) is 16.3. The summed E-state index contributed by atoms with van der Waals surface area (Å²) in [5.74, 6) is 3.86. The van der Waals surface area contributed by atoms with E-state index in [9.17, 15) is 4.79 Å². The third-order valence-electron chi connectivity index (χ3n) is 5.80. The molecule has 112 valence electrons. The van der Waals surface area contributed by atoms with Crippen molar-refractivity contribution < 1.29 is 4.79 Å². The summed E-state index contributed by atoms with van der Waals surface area (Å²) in [7, 11) is 0. The fourth-order valence-electron chi connectivity index (χ4n) is 4.85. The van der Waals surface area contributed by atoms with Crippen molar-refractivity contribution in [2.24, 2.45) is 29.6 Å². The first kappa shape index (κ1) is 13.1. The number of aryl methyl sites for hydroxylation is 1. The van der Waals surface area contributed by atoms with Crippen LogP contribution in [-0.4, -0.2) is 24.0 Å². The van der Waals surface area contributed by atoms with Crippen LogP contribution >= 0.6 is 0 Å². The third kappa shape index (κ3) is 2.21. The number of fused-ring (bicyclic) bond motifs is 5. The molecule has 0 saturated heterocycles. The van der Waals surface area contributed by atoms with E-state index < -0.39 is 0 Å². The Kier molecular flexibility index (Phi) is 3.12. The van der Waals surface area contributed by atoms with Gasteiger partial charge in [0.1, 0.15) is 0 Å². The molecule has 2 N–H and O–H groups in total. The summed E-state index contributed by atoms with van der Waals surface area (Å²) in [6, 6.07) is 1.97. The topological polar surface area (TPSA) is 54.0 Å². The van der Waals surface area contributed by atoms with Crippen LogP contribution in [0.15, 0.2) is 18.5 Å². The van der Waals surface area contributed by atoms with Gasteiger partial charge >= 0.3 is 0 Å².